The molecule has 0 aliphatic rings. The lowest BCUT2D eigenvalue weighted by atomic mass is 10.1. The summed E-state index contributed by atoms with van der Waals surface area (Å²) in [7, 11) is 1.66. The summed E-state index contributed by atoms with van der Waals surface area (Å²) in [5.41, 5.74) is 1.45. The maximum absolute atomic E-state index is 13.1. The molecule has 0 unspecified atom stereocenters. The molecule has 0 N–H and O–H groups in total. The van der Waals surface area contributed by atoms with Crippen molar-refractivity contribution in [3.63, 3.8) is 0 Å². The minimum atomic E-state index is -0.898. The average molecular weight is 264 g/mol. The van der Waals surface area contributed by atoms with Crippen LogP contribution in [0.4, 0.5) is 8.78 Å². The number of aromatic nitrogens is 2. The van der Waals surface area contributed by atoms with E-state index in [0.717, 1.165) is 30.5 Å². The van der Waals surface area contributed by atoms with Crippen molar-refractivity contribution >= 4 is 0 Å². The van der Waals surface area contributed by atoms with Crippen LogP contribution < -0.4 is 0 Å². The molecule has 1 heterocycles. The zero-order valence-corrected chi connectivity index (χ0v) is 10.6. The lowest BCUT2D eigenvalue weighted by molar-refractivity contribution is 0.195. The van der Waals surface area contributed by atoms with Gasteiger partial charge in [-0.2, -0.15) is 0 Å². The highest BCUT2D eigenvalue weighted by atomic mass is 19.2. The third-order valence-corrected chi connectivity index (χ3v) is 2.70. The Hall–Kier alpha value is -1.88. The van der Waals surface area contributed by atoms with Gasteiger partial charge in [0.25, 0.3) is 0 Å². The minimum absolute atomic E-state index is 0.384. The van der Waals surface area contributed by atoms with Gasteiger partial charge in [0, 0.05) is 31.7 Å². The van der Waals surface area contributed by atoms with E-state index >= 15 is 0 Å². The predicted octanol–water partition coefficient (Wildman–Crippen LogP) is 3.00. The largest absolute Gasteiger partial charge is 0.385 e. The number of rotatable bonds is 5. The predicted molar refractivity (Wildman–Crippen MR) is 67.6 cm³/mol. The number of halogens is 2. The van der Waals surface area contributed by atoms with Gasteiger partial charge in [-0.05, 0) is 36.6 Å². The summed E-state index contributed by atoms with van der Waals surface area (Å²) < 4.78 is 30.9. The molecule has 0 fully saturated rings. The Kier molecular flexibility index (Phi) is 4.52. The molecule has 19 heavy (non-hydrogen) atoms. The number of benzene rings is 1. The molecule has 2 aromatic rings. The van der Waals surface area contributed by atoms with Crippen LogP contribution in [-0.2, 0) is 11.2 Å². The van der Waals surface area contributed by atoms with E-state index in [1.54, 1.807) is 19.5 Å². The zero-order valence-electron chi connectivity index (χ0n) is 10.6. The van der Waals surface area contributed by atoms with Crippen molar-refractivity contribution in [2.45, 2.75) is 12.8 Å². The van der Waals surface area contributed by atoms with Crippen LogP contribution in [0.1, 0.15) is 12.0 Å². The van der Waals surface area contributed by atoms with Gasteiger partial charge >= 0.3 is 0 Å². The molecular formula is C14H14F2N2O. The third-order valence-electron chi connectivity index (χ3n) is 2.70. The van der Waals surface area contributed by atoms with Crippen molar-refractivity contribution in [3.05, 3.63) is 47.8 Å². The summed E-state index contributed by atoms with van der Waals surface area (Å²) in [4.78, 5) is 8.31. The minimum Gasteiger partial charge on any atom is -0.385 e. The Bertz CT molecular complexity index is 544. The second kappa shape index (κ2) is 6.33. The average Bonchev–Trinajstić information content (AvgIpc) is 2.43. The number of hydrogen-bond acceptors (Lipinski definition) is 3. The summed E-state index contributed by atoms with van der Waals surface area (Å²) in [5.74, 6) is -1.39. The van der Waals surface area contributed by atoms with E-state index in [4.69, 9.17) is 4.74 Å². The molecule has 5 heteroatoms. The lowest BCUT2D eigenvalue weighted by Crippen LogP contribution is -1.96. The first kappa shape index (κ1) is 13.5. The van der Waals surface area contributed by atoms with Gasteiger partial charge in [0.05, 0.1) is 0 Å². The van der Waals surface area contributed by atoms with E-state index in [9.17, 15) is 8.78 Å². The second-order valence-corrected chi connectivity index (χ2v) is 4.14. The normalized spacial score (nSPS) is 10.7. The number of methoxy groups -OCH3 is 1. The molecule has 2 rings (SSSR count). The van der Waals surface area contributed by atoms with Crippen LogP contribution >= 0.6 is 0 Å². The SMILES string of the molecule is COCCCc1cnc(-c2ccc(F)c(F)c2)nc1. The highest BCUT2D eigenvalue weighted by Gasteiger charge is 2.06. The van der Waals surface area contributed by atoms with Crippen molar-refractivity contribution in [1.82, 2.24) is 9.97 Å². The van der Waals surface area contributed by atoms with Gasteiger partial charge in [-0.3, -0.25) is 0 Å². The van der Waals surface area contributed by atoms with Crippen LogP contribution in [0.5, 0.6) is 0 Å². The summed E-state index contributed by atoms with van der Waals surface area (Å²) in [6.07, 6.45) is 5.11. The summed E-state index contributed by atoms with van der Waals surface area (Å²) >= 11 is 0. The molecular weight excluding hydrogens is 250 g/mol. The number of aryl methyl sites for hydroxylation is 1. The van der Waals surface area contributed by atoms with Crippen molar-refractivity contribution in [3.8, 4) is 11.4 Å². The van der Waals surface area contributed by atoms with Crippen LogP contribution in [-0.4, -0.2) is 23.7 Å². The Morgan fingerprint density at radius 2 is 1.84 bits per heavy atom. The highest BCUT2D eigenvalue weighted by Crippen LogP contribution is 2.17. The summed E-state index contributed by atoms with van der Waals surface area (Å²) in [6, 6.07) is 3.62. The van der Waals surface area contributed by atoms with Gasteiger partial charge in [-0.15, -0.1) is 0 Å². The van der Waals surface area contributed by atoms with Crippen LogP contribution in [0.3, 0.4) is 0 Å². The van der Waals surface area contributed by atoms with Crippen LogP contribution in [0.15, 0.2) is 30.6 Å². The van der Waals surface area contributed by atoms with Gasteiger partial charge < -0.3 is 4.74 Å². The zero-order chi connectivity index (χ0) is 13.7. The molecule has 3 nitrogen and oxygen atoms in total. The Morgan fingerprint density at radius 1 is 1.11 bits per heavy atom. The molecule has 1 aromatic heterocycles. The van der Waals surface area contributed by atoms with Crippen LogP contribution in [0.2, 0.25) is 0 Å². The van der Waals surface area contributed by atoms with Crippen LogP contribution in [0, 0.1) is 11.6 Å². The molecule has 100 valence electrons. The van der Waals surface area contributed by atoms with Gasteiger partial charge in [0.1, 0.15) is 0 Å². The van der Waals surface area contributed by atoms with Gasteiger partial charge in [-0.1, -0.05) is 0 Å². The molecule has 0 bridgehead atoms. The van der Waals surface area contributed by atoms with Gasteiger partial charge in [0.15, 0.2) is 17.5 Å². The molecule has 0 aliphatic heterocycles. The van der Waals surface area contributed by atoms with Crippen molar-refractivity contribution in [1.29, 1.82) is 0 Å². The molecule has 1 aromatic carbocycles. The van der Waals surface area contributed by atoms with Crippen LogP contribution in [0.25, 0.3) is 11.4 Å². The fourth-order valence-electron chi connectivity index (χ4n) is 1.69. The van der Waals surface area contributed by atoms with E-state index in [-0.39, 0.29) is 0 Å². The summed E-state index contributed by atoms with van der Waals surface area (Å²) in [6.45, 7) is 0.685. The Morgan fingerprint density at radius 3 is 2.47 bits per heavy atom. The highest BCUT2D eigenvalue weighted by molar-refractivity contribution is 5.54. The molecule has 0 aliphatic carbocycles. The fraction of sp³-hybridized carbons (Fsp3) is 0.286. The lowest BCUT2D eigenvalue weighted by Gasteiger charge is -2.03. The van der Waals surface area contributed by atoms with E-state index in [1.165, 1.54) is 6.07 Å². The fourth-order valence-corrected chi connectivity index (χ4v) is 1.69. The standard InChI is InChI=1S/C14H14F2N2O/c1-19-6-2-3-10-8-17-14(18-9-10)11-4-5-12(15)13(16)7-11/h4-5,7-9H,2-3,6H2,1H3. The van der Waals surface area contributed by atoms with Crippen molar-refractivity contribution in [2.24, 2.45) is 0 Å². The first-order valence-corrected chi connectivity index (χ1v) is 5.96. The van der Waals surface area contributed by atoms with Gasteiger partial charge in [0.2, 0.25) is 0 Å². The van der Waals surface area contributed by atoms with E-state index in [1.807, 2.05) is 0 Å². The Balaban J connectivity index is 2.11. The topological polar surface area (TPSA) is 35.0 Å². The molecule has 0 atom stereocenters. The van der Waals surface area contributed by atoms with E-state index < -0.39 is 11.6 Å². The molecule has 0 saturated carbocycles. The third kappa shape index (κ3) is 3.54. The first-order chi connectivity index (χ1) is 9.20. The van der Waals surface area contributed by atoms with Crippen molar-refractivity contribution < 1.29 is 13.5 Å². The van der Waals surface area contributed by atoms with Crippen molar-refractivity contribution in [2.75, 3.05) is 13.7 Å². The number of nitrogens with zero attached hydrogens (tertiary/aromatic N) is 2. The smallest absolute Gasteiger partial charge is 0.159 e. The molecule has 0 amide bonds. The summed E-state index contributed by atoms with van der Waals surface area (Å²) in [5, 5.41) is 0. The number of hydrogen-bond donors (Lipinski definition) is 0. The first-order valence-electron chi connectivity index (χ1n) is 5.96. The quantitative estimate of drug-likeness (QED) is 0.779. The van der Waals surface area contributed by atoms with Gasteiger partial charge in [-0.25, -0.2) is 18.7 Å². The maximum atomic E-state index is 13.1. The Labute approximate surface area is 110 Å². The monoisotopic (exact) mass is 264 g/mol. The number of ether oxygens (including phenoxy) is 1. The molecule has 0 saturated heterocycles. The second-order valence-electron chi connectivity index (χ2n) is 4.14. The molecule has 0 radical (unpaired) electrons. The van der Waals surface area contributed by atoms with E-state index in [2.05, 4.69) is 9.97 Å². The van der Waals surface area contributed by atoms with E-state index in [0.29, 0.717) is 18.0 Å². The maximum Gasteiger partial charge on any atom is 0.159 e. The molecule has 0 spiro atoms.